The molecule has 4 saturated carbocycles. The van der Waals surface area contributed by atoms with Crippen molar-refractivity contribution < 1.29 is 23.1 Å². The maximum atomic E-state index is 13.8. The molecule has 4 bridgehead atoms. The number of nitrogens with one attached hydrogen (secondary N) is 1. The third-order valence-electron chi connectivity index (χ3n) is 6.12. The van der Waals surface area contributed by atoms with Crippen molar-refractivity contribution in [1.82, 2.24) is 0 Å². The Hall–Kier alpha value is -1.50. The highest BCUT2D eigenvalue weighted by Gasteiger charge is 2.51. The van der Waals surface area contributed by atoms with Crippen molar-refractivity contribution in [1.29, 1.82) is 0 Å². The maximum absolute atomic E-state index is 13.8. The Morgan fingerprint density at radius 3 is 2.27 bits per heavy atom. The predicted octanol–water partition coefficient (Wildman–Crippen LogP) is 4.28. The zero-order chi connectivity index (χ0) is 18.4. The third kappa shape index (κ3) is 3.38. The van der Waals surface area contributed by atoms with E-state index in [1.165, 1.54) is 6.42 Å². The fraction of sp³-hybridized carbons (Fsp3) is 0.579. The lowest BCUT2D eigenvalue weighted by Crippen LogP contribution is -2.48. The van der Waals surface area contributed by atoms with Crippen molar-refractivity contribution in [3.63, 3.8) is 0 Å². The summed E-state index contributed by atoms with van der Waals surface area (Å²) in [5.41, 5.74) is -0.165. The van der Waals surface area contributed by atoms with Crippen LogP contribution in [0.25, 0.3) is 0 Å². The van der Waals surface area contributed by atoms with E-state index < -0.39 is 24.1 Å². The summed E-state index contributed by atoms with van der Waals surface area (Å²) < 4.78 is 32.2. The standard InChI is InChI=1S/C19H20BrF2NO3/c20-14-6-13(21)7-15(22)18(14)23-16(24)8-26-19(25)17-11-2-9-1-10(4-11)5-12(17)3-9/h6-7,9-12,17H,1-5,8H2,(H,23,24). The molecule has 7 heteroatoms. The summed E-state index contributed by atoms with van der Waals surface area (Å²) in [7, 11) is 0. The molecule has 1 aromatic carbocycles. The molecule has 0 radical (unpaired) electrons. The summed E-state index contributed by atoms with van der Waals surface area (Å²) in [6.07, 6.45) is 5.66. The van der Waals surface area contributed by atoms with Crippen LogP contribution in [0.3, 0.4) is 0 Å². The molecule has 5 rings (SSSR count). The van der Waals surface area contributed by atoms with Crippen LogP contribution in [0.4, 0.5) is 14.5 Å². The molecule has 4 aliphatic carbocycles. The number of amides is 1. The van der Waals surface area contributed by atoms with Gasteiger partial charge in [0, 0.05) is 10.5 Å². The minimum absolute atomic E-state index is 0.0933. The van der Waals surface area contributed by atoms with E-state index in [0.717, 1.165) is 43.6 Å². The number of hydrogen-bond donors (Lipinski definition) is 1. The second-order valence-corrected chi connectivity index (χ2v) is 8.71. The van der Waals surface area contributed by atoms with E-state index in [9.17, 15) is 18.4 Å². The number of esters is 1. The van der Waals surface area contributed by atoms with Crippen molar-refractivity contribution in [2.75, 3.05) is 11.9 Å². The number of hydrogen-bond acceptors (Lipinski definition) is 3. The third-order valence-corrected chi connectivity index (χ3v) is 6.74. The van der Waals surface area contributed by atoms with Crippen molar-refractivity contribution in [2.45, 2.75) is 32.1 Å². The van der Waals surface area contributed by atoms with Crippen LogP contribution in [-0.4, -0.2) is 18.5 Å². The zero-order valence-electron chi connectivity index (χ0n) is 14.1. The average Bonchev–Trinajstić information content (AvgIpc) is 2.55. The lowest BCUT2D eigenvalue weighted by Gasteiger charge is -2.53. The number of rotatable bonds is 4. The topological polar surface area (TPSA) is 55.4 Å². The van der Waals surface area contributed by atoms with Crippen LogP contribution in [0.5, 0.6) is 0 Å². The molecule has 4 nitrogen and oxygen atoms in total. The van der Waals surface area contributed by atoms with E-state index in [-0.39, 0.29) is 22.0 Å². The molecule has 1 N–H and O–H groups in total. The van der Waals surface area contributed by atoms with E-state index in [0.29, 0.717) is 17.9 Å². The molecule has 26 heavy (non-hydrogen) atoms. The van der Waals surface area contributed by atoms with E-state index in [4.69, 9.17) is 4.74 Å². The fourth-order valence-corrected chi connectivity index (χ4v) is 5.89. The molecular weight excluding hydrogens is 408 g/mol. The fourth-order valence-electron chi connectivity index (χ4n) is 5.38. The molecule has 0 aromatic heterocycles. The lowest BCUT2D eigenvalue weighted by atomic mass is 9.52. The number of halogens is 3. The van der Waals surface area contributed by atoms with Gasteiger partial charge >= 0.3 is 5.97 Å². The van der Waals surface area contributed by atoms with Gasteiger partial charge in [-0.25, -0.2) is 8.78 Å². The van der Waals surface area contributed by atoms with Crippen molar-refractivity contribution >= 4 is 33.5 Å². The van der Waals surface area contributed by atoms with Gasteiger partial charge in [0.15, 0.2) is 12.4 Å². The van der Waals surface area contributed by atoms with E-state index in [1.54, 1.807) is 0 Å². The average molecular weight is 428 g/mol. The van der Waals surface area contributed by atoms with Crippen LogP contribution in [0.2, 0.25) is 0 Å². The predicted molar refractivity (Wildman–Crippen MR) is 94.2 cm³/mol. The van der Waals surface area contributed by atoms with E-state index >= 15 is 0 Å². The first kappa shape index (κ1) is 17.9. The van der Waals surface area contributed by atoms with Crippen molar-refractivity contribution in [3.05, 3.63) is 28.2 Å². The Kier molecular flexibility index (Phi) is 4.75. The summed E-state index contributed by atoms with van der Waals surface area (Å²) in [5, 5.41) is 2.32. The summed E-state index contributed by atoms with van der Waals surface area (Å²) in [5.74, 6) is -0.438. The number of carbonyl (C=O) groups excluding carboxylic acids is 2. The Labute approximate surface area is 158 Å². The molecule has 4 aliphatic rings. The molecule has 1 aromatic rings. The van der Waals surface area contributed by atoms with Gasteiger partial charge in [-0.05, 0) is 77.8 Å². The van der Waals surface area contributed by atoms with Gasteiger partial charge in [-0.2, -0.15) is 0 Å². The number of anilines is 1. The van der Waals surface area contributed by atoms with Gasteiger partial charge in [0.25, 0.3) is 5.91 Å². The van der Waals surface area contributed by atoms with Crippen LogP contribution < -0.4 is 5.32 Å². The van der Waals surface area contributed by atoms with Gasteiger partial charge in [-0.3, -0.25) is 9.59 Å². The molecule has 4 fully saturated rings. The van der Waals surface area contributed by atoms with Gasteiger partial charge < -0.3 is 10.1 Å². The quantitative estimate of drug-likeness (QED) is 0.729. The Bertz CT molecular complexity index is 703. The highest BCUT2D eigenvalue weighted by Crippen LogP contribution is 2.56. The van der Waals surface area contributed by atoms with Gasteiger partial charge in [0.05, 0.1) is 11.6 Å². The van der Waals surface area contributed by atoms with Crippen molar-refractivity contribution in [3.8, 4) is 0 Å². The van der Waals surface area contributed by atoms with Gasteiger partial charge in [0.2, 0.25) is 0 Å². The summed E-state index contributed by atoms with van der Waals surface area (Å²) in [6, 6.07) is 1.74. The minimum Gasteiger partial charge on any atom is -0.455 e. The van der Waals surface area contributed by atoms with Gasteiger partial charge in [-0.1, -0.05) is 0 Å². The lowest BCUT2D eigenvalue weighted by molar-refractivity contribution is -0.164. The molecule has 0 heterocycles. The molecule has 0 atom stereocenters. The highest BCUT2D eigenvalue weighted by atomic mass is 79.9. The van der Waals surface area contributed by atoms with E-state index in [2.05, 4.69) is 21.2 Å². The Balaban J connectivity index is 1.34. The van der Waals surface area contributed by atoms with Crippen LogP contribution in [0, 0.1) is 41.2 Å². The number of carbonyl (C=O) groups is 2. The SMILES string of the molecule is O=C(COC(=O)C1C2CC3CC(C2)CC1C3)Nc1c(F)cc(F)cc1Br. The monoisotopic (exact) mass is 427 g/mol. The number of ether oxygens (including phenoxy) is 1. The summed E-state index contributed by atoms with van der Waals surface area (Å²) in [4.78, 5) is 24.6. The second kappa shape index (κ2) is 6.91. The first-order valence-electron chi connectivity index (χ1n) is 9.01. The second-order valence-electron chi connectivity index (χ2n) is 7.86. The zero-order valence-corrected chi connectivity index (χ0v) is 15.7. The Morgan fingerprint density at radius 2 is 1.69 bits per heavy atom. The first-order valence-corrected chi connectivity index (χ1v) is 9.81. The van der Waals surface area contributed by atoms with Gasteiger partial charge in [0.1, 0.15) is 5.82 Å². The normalized spacial score (nSPS) is 31.7. The van der Waals surface area contributed by atoms with Crippen LogP contribution in [0.15, 0.2) is 16.6 Å². The Morgan fingerprint density at radius 1 is 1.08 bits per heavy atom. The van der Waals surface area contributed by atoms with Crippen LogP contribution in [0.1, 0.15) is 32.1 Å². The van der Waals surface area contributed by atoms with Crippen molar-refractivity contribution in [2.24, 2.45) is 29.6 Å². The molecule has 140 valence electrons. The van der Waals surface area contributed by atoms with Crippen LogP contribution in [-0.2, 0) is 14.3 Å². The molecular formula is C19H20BrF2NO3. The molecule has 0 unspecified atom stereocenters. The summed E-state index contributed by atoms with van der Waals surface area (Å²) >= 11 is 3.01. The van der Waals surface area contributed by atoms with E-state index in [1.807, 2.05) is 0 Å². The highest BCUT2D eigenvalue weighted by molar-refractivity contribution is 9.10. The minimum atomic E-state index is -0.891. The molecule has 0 spiro atoms. The smallest absolute Gasteiger partial charge is 0.310 e. The molecule has 0 saturated heterocycles. The molecule has 1 amide bonds. The maximum Gasteiger partial charge on any atom is 0.310 e. The molecule has 0 aliphatic heterocycles. The first-order chi connectivity index (χ1) is 12.4. The van der Waals surface area contributed by atoms with Crippen LogP contribution >= 0.6 is 15.9 Å². The van der Waals surface area contributed by atoms with Gasteiger partial charge in [-0.15, -0.1) is 0 Å². The largest absolute Gasteiger partial charge is 0.455 e. The summed E-state index contributed by atoms with van der Waals surface area (Å²) in [6.45, 7) is -0.467. The number of benzene rings is 1.